The Bertz CT molecular complexity index is 101. The van der Waals surface area contributed by atoms with Gasteiger partial charge in [0.05, 0.1) is 3.58 Å². The minimum absolute atomic E-state index is 0.215. The lowest BCUT2D eigenvalue weighted by atomic mass is 10.7. The lowest BCUT2D eigenvalue weighted by Crippen LogP contribution is -1.89. The SMILES string of the molecule is [2H]OC(=O)C(=C)I. The lowest BCUT2D eigenvalue weighted by molar-refractivity contribution is -0.131. The van der Waals surface area contributed by atoms with Crippen molar-refractivity contribution in [2.24, 2.45) is 0 Å². The summed E-state index contributed by atoms with van der Waals surface area (Å²) in [7, 11) is 0. The van der Waals surface area contributed by atoms with Crippen LogP contribution in [0.4, 0.5) is 0 Å². The Hall–Kier alpha value is -0.0600. The fraction of sp³-hybridized carbons (Fsp3) is 0. The summed E-state index contributed by atoms with van der Waals surface area (Å²) in [5.41, 5.74) is 0. The molecule has 0 bridgehead atoms. The normalized spacial score (nSPS) is 9.17. The minimum Gasteiger partial charge on any atom is -0.477 e. The molecule has 0 heterocycles. The number of halogens is 1. The maximum atomic E-state index is 9.99. The number of hydrogen-bond donors (Lipinski definition) is 1. The van der Waals surface area contributed by atoms with Gasteiger partial charge in [0, 0.05) is 0 Å². The fourth-order valence-corrected chi connectivity index (χ4v) is 0. The number of carboxylic acid groups (broad SMARTS) is 1. The van der Waals surface area contributed by atoms with E-state index in [2.05, 4.69) is 11.7 Å². The average molecular weight is 199 g/mol. The van der Waals surface area contributed by atoms with E-state index in [0.717, 1.165) is 0 Å². The molecule has 1 N–H and O–H groups in total. The molecular weight excluding hydrogens is 195 g/mol. The van der Waals surface area contributed by atoms with Crippen LogP contribution in [0.3, 0.4) is 0 Å². The second kappa shape index (κ2) is 2.17. The van der Waals surface area contributed by atoms with E-state index >= 15 is 0 Å². The van der Waals surface area contributed by atoms with E-state index in [0.29, 0.717) is 0 Å². The van der Waals surface area contributed by atoms with Crippen LogP contribution < -0.4 is 0 Å². The summed E-state index contributed by atoms with van der Waals surface area (Å²) in [5, 5.41) is 3.52. The molecule has 2 nitrogen and oxygen atoms in total. The first kappa shape index (κ1) is 4.11. The summed E-state index contributed by atoms with van der Waals surface area (Å²) >= 11 is 1.68. The molecule has 0 saturated carbocycles. The number of rotatable bonds is 1. The largest absolute Gasteiger partial charge is 0.477 e. The van der Waals surface area contributed by atoms with Gasteiger partial charge in [0.2, 0.25) is 0 Å². The van der Waals surface area contributed by atoms with Crippen molar-refractivity contribution >= 4 is 28.6 Å². The molecule has 0 fully saturated rings. The highest BCUT2D eigenvalue weighted by molar-refractivity contribution is 14.1. The maximum absolute atomic E-state index is 9.99. The van der Waals surface area contributed by atoms with Crippen LogP contribution in [0.15, 0.2) is 10.2 Å². The standard InChI is InChI=1S/C3H3IO2/c1-2(4)3(5)6/h1H2,(H,5,6)/i/hD. The van der Waals surface area contributed by atoms with Gasteiger partial charge < -0.3 is 5.11 Å². The summed E-state index contributed by atoms with van der Waals surface area (Å²) in [5.74, 6) is -0.694. The Morgan fingerprint density at radius 2 is 2.67 bits per heavy atom. The Morgan fingerprint density at radius 1 is 2.17 bits per heavy atom. The van der Waals surface area contributed by atoms with Crippen molar-refractivity contribution in [2.45, 2.75) is 0 Å². The van der Waals surface area contributed by atoms with Crippen molar-refractivity contribution in [1.29, 1.82) is 1.43 Å². The molecule has 3 heteroatoms. The molecule has 0 atom stereocenters. The Kier molecular flexibility index (Phi) is 1.49. The van der Waals surface area contributed by atoms with Crippen LogP contribution in [0, 0.1) is 0 Å². The van der Waals surface area contributed by atoms with Gasteiger partial charge in [-0.1, -0.05) is 6.58 Å². The van der Waals surface area contributed by atoms with Gasteiger partial charge in [-0.2, -0.15) is 0 Å². The highest BCUT2D eigenvalue weighted by Gasteiger charge is 1.92. The van der Waals surface area contributed by atoms with Crippen molar-refractivity contribution in [2.75, 3.05) is 0 Å². The smallest absolute Gasteiger partial charge is 0.341 e. The van der Waals surface area contributed by atoms with Gasteiger partial charge in [-0.3, -0.25) is 0 Å². The van der Waals surface area contributed by atoms with Crippen molar-refractivity contribution in [3.63, 3.8) is 0 Å². The summed E-state index contributed by atoms with van der Waals surface area (Å²) in [4.78, 5) is 9.99. The second-order valence-corrected chi connectivity index (χ2v) is 1.99. The highest BCUT2D eigenvalue weighted by atomic mass is 127. The third-order valence-electron chi connectivity index (χ3n) is 0.221. The lowest BCUT2D eigenvalue weighted by Gasteiger charge is -1.77. The van der Waals surface area contributed by atoms with Crippen molar-refractivity contribution in [3.8, 4) is 0 Å². The zero-order chi connectivity index (χ0) is 5.86. The van der Waals surface area contributed by atoms with E-state index in [-0.39, 0.29) is 3.58 Å². The van der Waals surface area contributed by atoms with Gasteiger partial charge in [0.25, 0.3) is 1.43 Å². The second-order valence-electron chi connectivity index (χ2n) is 0.692. The first-order chi connectivity index (χ1) is 3.18. The number of aliphatic carboxylic acids is 1. The molecule has 0 amide bonds. The fourth-order valence-electron chi connectivity index (χ4n) is 0. The Labute approximate surface area is 50.5 Å². The van der Waals surface area contributed by atoms with Crippen molar-refractivity contribution < 1.29 is 9.90 Å². The molecule has 0 aliphatic rings. The van der Waals surface area contributed by atoms with Crippen LogP contribution >= 0.6 is 22.6 Å². The molecule has 0 rings (SSSR count). The highest BCUT2D eigenvalue weighted by Crippen LogP contribution is 1.98. The summed E-state index contributed by atoms with van der Waals surface area (Å²) < 4.78 is 6.24. The number of carbonyl (C=O) groups is 1. The van der Waals surface area contributed by atoms with E-state index in [9.17, 15) is 4.79 Å². The predicted octanol–water partition coefficient (Wildman–Crippen LogP) is 1.02. The van der Waals surface area contributed by atoms with Crippen LogP contribution in [0.1, 0.15) is 0 Å². The van der Waals surface area contributed by atoms with Crippen molar-refractivity contribution in [3.05, 3.63) is 10.2 Å². The van der Waals surface area contributed by atoms with Crippen LogP contribution in [0.2, 0.25) is 0 Å². The van der Waals surface area contributed by atoms with E-state index in [4.69, 9.17) is 1.43 Å². The molecule has 0 aliphatic heterocycles. The van der Waals surface area contributed by atoms with Gasteiger partial charge in [-0.25, -0.2) is 4.79 Å². The summed E-state index contributed by atoms with van der Waals surface area (Å²) in [6, 6.07) is 0. The molecule has 0 radical (unpaired) electrons. The molecule has 0 aromatic carbocycles. The first-order valence-electron chi connectivity index (χ1n) is 1.61. The predicted molar refractivity (Wildman–Crippen MR) is 30.8 cm³/mol. The quantitative estimate of drug-likeness (QED) is 0.505. The van der Waals surface area contributed by atoms with Gasteiger partial charge in [0.15, 0.2) is 0 Å². The molecule has 0 unspecified atom stereocenters. The minimum atomic E-state index is -0.694. The van der Waals surface area contributed by atoms with Gasteiger partial charge in [0.1, 0.15) is 0 Å². The number of carboxylic acids is 1. The third-order valence-corrected chi connectivity index (χ3v) is 0.662. The van der Waals surface area contributed by atoms with Gasteiger partial charge in [-0.15, -0.1) is 0 Å². The Balaban J connectivity index is 3.58. The molecule has 0 aliphatic carbocycles. The van der Waals surface area contributed by atoms with Crippen LogP contribution in [0.25, 0.3) is 1.43 Å². The van der Waals surface area contributed by atoms with E-state index in [1.165, 1.54) is 0 Å². The van der Waals surface area contributed by atoms with E-state index in [1.807, 2.05) is 0 Å². The van der Waals surface area contributed by atoms with Crippen molar-refractivity contribution in [1.82, 2.24) is 0 Å². The zero-order valence-corrected chi connectivity index (χ0v) is 5.06. The molecule has 0 aromatic heterocycles. The first-order valence-corrected chi connectivity index (χ1v) is 2.28. The summed E-state index contributed by atoms with van der Waals surface area (Å²) in [6.07, 6.45) is 0. The molecule has 0 spiro atoms. The molecule has 34 valence electrons. The zero-order valence-electron chi connectivity index (χ0n) is 3.90. The van der Waals surface area contributed by atoms with Crippen LogP contribution in [-0.2, 0) is 4.79 Å². The maximum Gasteiger partial charge on any atom is 0.341 e. The van der Waals surface area contributed by atoms with Crippen LogP contribution in [-0.4, -0.2) is 11.1 Å². The average Bonchev–Trinajstić information content (AvgIpc) is 1.65. The molecule has 0 saturated heterocycles. The number of hydrogen-bond acceptors (Lipinski definition) is 2. The van der Waals surface area contributed by atoms with E-state index in [1.54, 1.807) is 22.6 Å². The van der Waals surface area contributed by atoms with Gasteiger partial charge >= 0.3 is 5.97 Å². The van der Waals surface area contributed by atoms with Crippen LogP contribution in [0.5, 0.6) is 0 Å². The molecular formula is C3H3IO2. The van der Waals surface area contributed by atoms with Gasteiger partial charge in [-0.05, 0) is 22.6 Å². The molecule has 6 heavy (non-hydrogen) atoms. The summed E-state index contributed by atoms with van der Waals surface area (Å²) in [6.45, 7) is 3.22. The third kappa shape index (κ3) is 2.19. The monoisotopic (exact) mass is 199 g/mol. The Morgan fingerprint density at radius 3 is 2.67 bits per heavy atom. The van der Waals surface area contributed by atoms with E-state index < -0.39 is 5.97 Å². The molecule has 0 aromatic rings. The topological polar surface area (TPSA) is 37.3 Å².